The zero-order chi connectivity index (χ0) is 12.5. The number of carbonyl (C=O) groups is 1. The largest absolute Gasteiger partial charge is 0.378 e. The Labute approximate surface area is 107 Å². The Balaban J connectivity index is 2.17. The first-order chi connectivity index (χ1) is 8.01. The maximum atomic E-state index is 11.2. The van der Waals surface area contributed by atoms with Gasteiger partial charge in [-0.2, -0.15) is 0 Å². The standard InChI is InChI=1S/C10H13BrN4O2/c11-7-4-13-9(14-5-7)15-3-1-2-10(17,6-15)8(12)16/h4-5,17H,1-3,6H2,(H2,12,16)/t10-/m1/s1. The van der Waals surface area contributed by atoms with E-state index >= 15 is 0 Å². The molecule has 0 bridgehead atoms. The van der Waals surface area contributed by atoms with Crippen LogP contribution in [-0.2, 0) is 4.79 Å². The van der Waals surface area contributed by atoms with Crippen molar-refractivity contribution in [3.63, 3.8) is 0 Å². The van der Waals surface area contributed by atoms with Gasteiger partial charge in [-0.05, 0) is 28.8 Å². The first-order valence-corrected chi connectivity index (χ1v) is 6.05. The molecule has 0 radical (unpaired) electrons. The molecule has 2 rings (SSSR count). The van der Waals surface area contributed by atoms with Gasteiger partial charge in [-0.15, -0.1) is 0 Å². The summed E-state index contributed by atoms with van der Waals surface area (Å²) in [5.74, 6) is -0.202. The summed E-state index contributed by atoms with van der Waals surface area (Å²) in [6, 6.07) is 0. The van der Waals surface area contributed by atoms with Gasteiger partial charge in [0.1, 0.15) is 0 Å². The molecule has 1 amide bonds. The van der Waals surface area contributed by atoms with Crippen molar-refractivity contribution in [1.29, 1.82) is 0 Å². The predicted molar refractivity (Wildman–Crippen MR) is 65.3 cm³/mol. The Morgan fingerprint density at radius 2 is 2.18 bits per heavy atom. The van der Waals surface area contributed by atoms with E-state index in [1.807, 2.05) is 0 Å². The van der Waals surface area contributed by atoms with Gasteiger partial charge in [0, 0.05) is 18.9 Å². The molecule has 1 aromatic heterocycles. The van der Waals surface area contributed by atoms with Crippen molar-refractivity contribution < 1.29 is 9.90 Å². The predicted octanol–water partition coefficient (Wildman–Crippen LogP) is 0.0557. The summed E-state index contributed by atoms with van der Waals surface area (Å²) in [6.45, 7) is 0.848. The minimum Gasteiger partial charge on any atom is -0.378 e. The van der Waals surface area contributed by atoms with Gasteiger partial charge < -0.3 is 15.7 Å². The highest BCUT2D eigenvalue weighted by Gasteiger charge is 2.39. The lowest BCUT2D eigenvalue weighted by atomic mass is 9.92. The molecule has 1 aromatic rings. The van der Waals surface area contributed by atoms with E-state index in [1.54, 1.807) is 17.3 Å². The van der Waals surface area contributed by atoms with E-state index in [1.165, 1.54) is 0 Å². The van der Waals surface area contributed by atoms with E-state index in [0.29, 0.717) is 25.3 Å². The van der Waals surface area contributed by atoms with Gasteiger partial charge in [0.05, 0.1) is 11.0 Å². The second-order valence-corrected chi connectivity index (χ2v) is 5.04. The summed E-state index contributed by atoms with van der Waals surface area (Å²) in [5, 5.41) is 10.1. The lowest BCUT2D eigenvalue weighted by Gasteiger charge is -2.36. The molecule has 1 fully saturated rings. The van der Waals surface area contributed by atoms with E-state index in [2.05, 4.69) is 25.9 Å². The van der Waals surface area contributed by atoms with E-state index in [-0.39, 0.29) is 6.54 Å². The molecule has 0 saturated carbocycles. The summed E-state index contributed by atoms with van der Waals surface area (Å²) >= 11 is 3.25. The Hall–Kier alpha value is -1.21. The number of anilines is 1. The lowest BCUT2D eigenvalue weighted by molar-refractivity contribution is -0.137. The third-order valence-electron chi connectivity index (χ3n) is 2.82. The molecule has 0 aliphatic carbocycles. The second kappa shape index (κ2) is 4.58. The molecule has 6 nitrogen and oxygen atoms in total. The maximum Gasteiger partial charge on any atom is 0.251 e. The first kappa shape index (κ1) is 12.3. The van der Waals surface area contributed by atoms with Gasteiger partial charge in [0.15, 0.2) is 5.60 Å². The van der Waals surface area contributed by atoms with Crippen LogP contribution in [0.3, 0.4) is 0 Å². The minimum absolute atomic E-state index is 0.143. The quantitative estimate of drug-likeness (QED) is 0.805. The molecule has 2 heterocycles. The van der Waals surface area contributed by atoms with Gasteiger partial charge in [-0.3, -0.25) is 4.79 Å². The number of halogens is 1. The maximum absolute atomic E-state index is 11.2. The number of carbonyl (C=O) groups excluding carboxylic acids is 1. The molecule has 92 valence electrons. The second-order valence-electron chi connectivity index (χ2n) is 4.12. The average Bonchev–Trinajstić information content (AvgIpc) is 2.30. The third-order valence-corrected chi connectivity index (χ3v) is 3.23. The average molecular weight is 301 g/mol. The van der Waals surface area contributed by atoms with Crippen molar-refractivity contribution in [2.75, 3.05) is 18.0 Å². The van der Waals surface area contributed by atoms with Crippen LogP contribution < -0.4 is 10.6 Å². The van der Waals surface area contributed by atoms with Crippen LogP contribution in [0.4, 0.5) is 5.95 Å². The SMILES string of the molecule is NC(=O)[C@@]1(O)CCCN(c2ncc(Br)cn2)C1. The van der Waals surface area contributed by atoms with Crippen molar-refractivity contribution in [2.45, 2.75) is 18.4 Å². The van der Waals surface area contributed by atoms with Crippen LogP contribution in [0.15, 0.2) is 16.9 Å². The molecule has 3 N–H and O–H groups in total. The number of amides is 1. The van der Waals surface area contributed by atoms with Crippen molar-refractivity contribution in [2.24, 2.45) is 5.73 Å². The van der Waals surface area contributed by atoms with Crippen molar-refractivity contribution >= 4 is 27.8 Å². The first-order valence-electron chi connectivity index (χ1n) is 5.26. The fourth-order valence-corrected chi connectivity index (χ4v) is 2.08. The number of hydrogen-bond acceptors (Lipinski definition) is 5. The Morgan fingerprint density at radius 3 is 2.76 bits per heavy atom. The summed E-state index contributed by atoms with van der Waals surface area (Å²) in [5.41, 5.74) is 3.72. The molecule has 7 heteroatoms. The van der Waals surface area contributed by atoms with Crippen molar-refractivity contribution in [1.82, 2.24) is 9.97 Å². The fourth-order valence-electron chi connectivity index (χ4n) is 1.88. The molecule has 1 atom stereocenters. The van der Waals surface area contributed by atoms with Gasteiger partial charge >= 0.3 is 0 Å². The number of aliphatic hydroxyl groups is 1. The summed E-state index contributed by atoms with van der Waals surface area (Å²) in [7, 11) is 0. The topological polar surface area (TPSA) is 92.3 Å². The molecule has 1 aliphatic heterocycles. The molecular formula is C10H13BrN4O2. The van der Waals surface area contributed by atoms with Gasteiger partial charge in [0.25, 0.3) is 5.91 Å². The van der Waals surface area contributed by atoms with Crippen LogP contribution >= 0.6 is 15.9 Å². The van der Waals surface area contributed by atoms with Crippen LogP contribution in [0, 0.1) is 0 Å². The molecule has 1 saturated heterocycles. The zero-order valence-corrected chi connectivity index (χ0v) is 10.7. The third kappa shape index (κ3) is 2.55. The minimum atomic E-state index is -1.48. The van der Waals surface area contributed by atoms with E-state index in [9.17, 15) is 9.90 Å². The van der Waals surface area contributed by atoms with Crippen LogP contribution in [-0.4, -0.2) is 39.7 Å². The van der Waals surface area contributed by atoms with Gasteiger partial charge in [0.2, 0.25) is 5.95 Å². The number of rotatable bonds is 2. The highest BCUT2D eigenvalue weighted by atomic mass is 79.9. The fraction of sp³-hybridized carbons (Fsp3) is 0.500. The number of hydrogen-bond donors (Lipinski definition) is 2. The molecule has 0 aromatic carbocycles. The van der Waals surface area contributed by atoms with Gasteiger partial charge in [-0.1, -0.05) is 0 Å². The van der Waals surface area contributed by atoms with Crippen molar-refractivity contribution in [3.8, 4) is 0 Å². The van der Waals surface area contributed by atoms with Crippen LogP contribution in [0.25, 0.3) is 0 Å². The van der Waals surface area contributed by atoms with Gasteiger partial charge in [-0.25, -0.2) is 9.97 Å². The van der Waals surface area contributed by atoms with Crippen LogP contribution in [0.1, 0.15) is 12.8 Å². The van der Waals surface area contributed by atoms with Crippen LogP contribution in [0.2, 0.25) is 0 Å². The zero-order valence-electron chi connectivity index (χ0n) is 9.14. The number of β-amino-alcohol motifs (C(OH)–C–C–N with tert-alkyl or cyclic N) is 1. The summed E-state index contributed by atoms with van der Waals surface area (Å²) < 4.78 is 0.781. The number of nitrogens with zero attached hydrogens (tertiary/aromatic N) is 3. The Bertz CT molecular complexity index is 425. The molecule has 0 unspecified atom stereocenters. The molecule has 1 aliphatic rings. The lowest BCUT2D eigenvalue weighted by Crippen LogP contribution is -2.56. The number of primary amides is 1. The Morgan fingerprint density at radius 1 is 1.53 bits per heavy atom. The Kier molecular flexibility index (Phi) is 3.30. The number of piperidine rings is 1. The van der Waals surface area contributed by atoms with Crippen LogP contribution in [0.5, 0.6) is 0 Å². The highest BCUT2D eigenvalue weighted by molar-refractivity contribution is 9.10. The summed E-state index contributed by atoms with van der Waals surface area (Å²) in [4.78, 5) is 21.2. The normalized spacial score (nSPS) is 24.7. The molecule has 17 heavy (non-hydrogen) atoms. The number of nitrogens with two attached hydrogens (primary N) is 1. The smallest absolute Gasteiger partial charge is 0.251 e. The monoisotopic (exact) mass is 300 g/mol. The van der Waals surface area contributed by atoms with E-state index in [0.717, 1.165) is 4.47 Å². The highest BCUT2D eigenvalue weighted by Crippen LogP contribution is 2.23. The molecular weight excluding hydrogens is 288 g/mol. The van der Waals surface area contributed by atoms with Crippen molar-refractivity contribution in [3.05, 3.63) is 16.9 Å². The number of aromatic nitrogens is 2. The van der Waals surface area contributed by atoms with E-state index < -0.39 is 11.5 Å². The molecule has 0 spiro atoms. The summed E-state index contributed by atoms with van der Waals surface area (Å²) in [6.07, 6.45) is 4.31. The van der Waals surface area contributed by atoms with E-state index in [4.69, 9.17) is 5.73 Å².